The number of carbonyl (C=O) groups excluding carboxylic acids is 2. The Bertz CT molecular complexity index is 882. The predicted molar refractivity (Wildman–Crippen MR) is 115 cm³/mol. The minimum Gasteiger partial charge on any atom is -0.444 e. The molecule has 166 valence electrons. The van der Waals surface area contributed by atoms with E-state index in [0.29, 0.717) is 26.2 Å². The van der Waals surface area contributed by atoms with Gasteiger partial charge in [0.2, 0.25) is 15.9 Å². The molecule has 0 spiro atoms. The maximum atomic E-state index is 12.6. The molecule has 9 heteroatoms. The van der Waals surface area contributed by atoms with Gasteiger partial charge in [0.05, 0.1) is 10.9 Å². The number of sulfonamides is 1. The van der Waals surface area contributed by atoms with E-state index in [4.69, 9.17) is 4.74 Å². The number of benzene rings is 1. The van der Waals surface area contributed by atoms with E-state index in [0.717, 1.165) is 5.56 Å². The Hall–Kier alpha value is -2.39. The van der Waals surface area contributed by atoms with Crippen LogP contribution in [0.4, 0.5) is 4.79 Å². The summed E-state index contributed by atoms with van der Waals surface area (Å²) in [5.74, 6) is -0.157. The summed E-state index contributed by atoms with van der Waals surface area (Å²) in [5.41, 5.74) is 0.172. The van der Waals surface area contributed by atoms with Crippen LogP contribution in [-0.4, -0.2) is 68.0 Å². The van der Waals surface area contributed by atoms with E-state index in [-0.39, 0.29) is 22.9 Å². The zero-order chi connectivity index (χ0) is 22.5. The van der Waals surface area contributed by atoms with Crippen molar-refractivity contribution in [2.24, 2.45) is 0 Å². The Morgan fingerprint density at radius 1 is 1.20 bits per heavy atom. The molecule has 30 heavy (non-hydrogen) atoms. The molecular weight excluding hydrogens is 406 g/mol. The Kier molecular flexibility index (Phi) is 7.65. The van der Waals surface area contributed by atoms with Crippen molar-refractivity contribution in [3.05, 3.63) is 35.9 Å². The highest BCUT2D eigenvalue weighted by Crippen LogP contribution is 2.19. The smallest absolute Gasteiger partial charge is 0.410 e. The molecule has 0 aliphatic carbocycles. The van der Waals surface area contributed by atoms with E-state index < -0.39 is 15.6 Å². The van der Waals surface area contributed by atoms with Crippen molar-refractivity contribution < 1.29 is 22.7 Å². The third-order valence-electron chi connectivity index (χ3n) is 4.52. The predicted octanol–water partition coefficient (Wildman–Crippen LogP) is 2.47. The lowest BCUT2D eigenvalue weighted by molar-refractivity contribution is -0.131. The SMILES string of the molecule is CCNS(=O)(=O)c1ccc(C=CC(=O)N(CC)C2CN(C(=O)OC(C)(C)C)C2)cc1. The summed E-state index contributed by atoms with van der Waals surface area (Å²) in [4.78, 5) is 28.1. The maximum absolute atomic E-state index is 12.6. The zero-order valence-electron chi connectivity index (χ0n) is 18.2. The molecule has 1 aromatic rings. The average molecular weight is 438 g/mol. The van der Waals surface area contributed by atoms with Crippen LogP contribution in [0.5, 0.6) is 0 Å². The molecule has 0 atom stereocenters. The quantitative estimate of drug-likeness (QED) is 0.661. The van der Waals surface area contributed by atoms with Gasteiger partial charge in [-0.2, -0.15) is 0 Å². The fourth-order valence-corrected chi connectivity index (χ4v) is 4.06. The molecule has 1 saturated heterocycles. The Morgan fingerprint density at radius 2 is 1.80 bits per heavy atom. The molecule has 0 bridgehead atoms. The number of ether oxygens (including phenoxy) is 1. The van der Waals surface area contributed by atoms with Crippen LogP contribution in [0.25, 0.3) is 6.08 Å². The first-order valence-electron chi connectivity index (χ1n) is 10.0. The molecule has 0 saturated carbocycles. The van der Waals surface area contributed by atoms with Gasteiger partial charge in [-0.05, 0) is 51.5 Å². The average Bonchev–Trinajstić information content (AvgIpc) is 2.61. The lowest BCUT2D eigenvalue weighted by atomic mass is 10.1. The maximum Gasteiger partial charge on any atom is 0.410 e. The van der Waals surface area contributed by atoms with Crippen molar-refractivity contribution in [3.63, 3.8) is 0 Å². The zero-order valence-corrected chi connectivity index (χ0v) is 19.0. The fraction of sp³-hybridized carbons (Fsp3) is 0.524. The number of amides is 2. The number of carbonyl (C=O) groups is 2. The Labute approximate surface area is 178 Å². The summed E-state index contributed by atoms with van der Waals surface area (Å²) in [6.07, 6.45) is 2.75. The summed E-state index contributed by atoms with van der Waals surface area (Å²) in [6.45, 7) is 10.8. The van der Waals surface area contributed by atoms with Gasteiger partial charge in [0.15, 0.2) is 0 Å². The Balaban J connectivity index is 1.94. The number of nitrogens with one attached hydrogen (secondary N) is 1. The van der Waals surface area contributed by atoms with Crippen LogP contribution in [0.1, 0.15) is 40.2 Å². The molecule has 0 aromatic heterocycles. The number of rotatable bonds is 7. The summed E-state index contributed by atoms with van der Waals surface area (Å²) >= 11 is 0. The molecule has 1 heterocycles. The van der Waals surface area contributed by atoms with Gasteiger partial charge in [-0.25, -0.2) is 17.9 Å². The van der Waals surface area contributed by atoms with Crippen LogP contribution in [-0.2, 0) is 19.6 Å². The summed E-state index contributed by atoms with van der Waals surface area (Å²) in [5, 5.41) is 0. The summed E-state index contributed by atoms with van der Waals surface area (Å²) in [6, 6.07) is 6.26. The van der Waals surface area contributed by atoms with Crippen LogP contribution in [0.3, 0.4) is 0 Å². The van der Waals surface area contributed by atoms with Gasteiger partial charge in [-0.15, -0.1) is 0 Å². The van der Waals surface area contributed by atoms with E-state index in [1.807, 2.05) is 27.7 Å². The van der Waals surface area contributed by atoms with Gasteiger partial charge in [0.25, 0.3) is 0 Å². The topological polar surface area (TPSA) is 96.0 Å². The lowest BCUT2D eigenvalue weighted by Crippen LogP contribution is -2.62. The molecular formula is C21H31N3O5S. The van der Waals surface area contributed by atoms with Gasteiger partial charge in [-0.1, -0.05) is 19.1 Å². The minimum absolute atomic E-state index is 0.0488. The first kappa shape index (κ1) is 23.9. The molecule has 1 aliphatic rings. The standard InChI is InChI=1S/C21H31N3O5S/c1-6-22-30(27,28)18-11-8-16(9-12-18)10-13-19(25)24(7-2)17-14-23(15-17)20(26)29-21(3,4)5/h8-13,17,22H,6-7,14-15H2,1-5H3. The van der Waals surface area contributed by atoms with Gasteiger partial charge in [-0.3, -0.25) is 4.79 Å². The van der Waals surface area contributed by atoms with Crippen molar-refractivity contribution in [2.45, 2.75) is 51.2 Å². The van der Waals surface area contributed by atoms with Crippen LogP contribution >= 0.6 is 0 Å². The van der Waals surface area contributed by atoms with Crippen LogP contribution in [0.2, 0.25) is 0 Å². The number of hydrogen-bond donors (Lipinski definition) is 1. The van der Waals surface area contributed by atoms with E-state index in [9.17, 15) is 18.0 Å². The number of likely N-dealkylation sites (tertiary alicyclic amines) is 1. The lowest BCUT2D eigenvalue weighted by Gasteiger charge is -2.44. The van der Waals surface area contributed by atoms with Gasteiger partial charge < -0.3 is 14.5 Å². The molecule has 0 unspecified atom stereocenters. The van der Waals surface area contributed by atoms with Crippen LogP contribution in [0, 0.1) is 0 Å². The molecule has 1 fully saturated rings. The second kappa shape index (κ2) is 9.61. The first-order valence-corrected chi connectivity index (χ1v) is 11.5. The second-order valence-corrected chi connectivity index (χ2v) is 9.83. The third kappa shape index (κ3) is 6.30. The molecule has 1 aromatic carbocycles. The van der Waals surface area contributed by atoms with Gasteiger partial charge in [0.1, 0.15) is 5.60 Å². The summed E-state index contributed by atoms with van der Waals surface area (Å²) < 4.78 is 31.7. The highest BCUT2D eigenvalue weighted by atomic mass is 32.2. The monoisotopic (exact) mass is 437 g/mol. The van der Waals surface area contributed by atoms with Crippen molar-refractivity contribution in [2.75, 3.05) is 26.2 Å². The highest BCUT2D eigenvalue weighted by Gasteiger charge is 2.37. The number of likely N-dealkylation sites (N-methyl/N-ethyl adjacent to an activating group) is 1. The first-order chi connectivity index (χ1) is 14.0. The van der Waals surface area contributed by atoms with Crippen LogP contribution < -0.4 is 4.72 Å². The Morgan fingerprint density at radius 3 is 2.30 bits per heavy atom. The number of hydrogen-bond acceptors (Lipinski definition) is 5. The molecule has 0 radical (unpaired) electrons. The molecule has 1 aliphatic heterocycles. The minimum atomic E-state index is -3.50. The normalized spacial score (nSPS) is 15.2. The van der Waals surface area contributed by atoms with E-state index in [2.05, 4.69) is 4.72 Å². The van der Waals surface area contributed by atoms with Crippen molar-refractivity contribution in [1.82, 2.24) is 14.5 Å². The second-order valence-electron chi connectivity index (χ2n) is 8.07. The summed E-state index contributed by atoms with van der Waals surface area (Å²) in [7, 11) is -3.50. The van der Waals surface area contributed by atoms with Gasteiger partial charge in [0, 0.05) is 32.3 Å². The number of nitrogens with zero attached hydrogens (tertiary/aromatic N) is 2. The van der Waals surface area contributed by atoms with Crippen LogP contribution in [0.15, 0.2) is 35.2 Å². The molecule has 8 nitrogen and oxygen atoms in total. The van der Waals surface area contributed by atoms with Crippen molar-refractivity contribution in [3.8, 4) is 0 Å². The van der Waals surface area contributed by atoms with E-state index in [1.54, 1.807) is 34.9 Å². The fourth-order valence-electron chi connectivity index (χ4n) is 3.02. The molecule has 1 N–H and O–H groups in total. The van der Waals surface area contributed by atoms with E-state index >= 15 is 0 Å². The third-order valence-corrected chi connectivity index (χ3v) is 6.08. The van der Waals surface area contributed by atoms with Crippen molar-refractivity contribution >= 4 is 28.1 Å². The van der Waals surface area contributed by atoms with Gasteiger partial charge >= 0.3 is 6.09 Å². The highest BCUT2D eigenvalue weighted by molar-refractivity contribution is 7.89. The van der Waals surface area contributed by atoms with E-state index in [1.165, 1.54) is 18.2 Å². The molecule has 2 amide bonds. The largest absolute Gasteiger partial charge is 0.444 e. The molecule has 2 rings (SSSR count). The van der Waals surface area contributed by atoms with Crippen molar-refractivity contribution in [1.29, 1.82) is 0 Å².